The molecule has 5 heteroatoms. The van der Waals surface area contributed by atoms with E-state index in [-0.39, 0.29) is 6.54 Å². The molecule has 0 aliphatic carbocycles. The maximum absolute atomic E-state index is 12.5. The lowest BCUT2D eigenvalue weighted by Crippen LogP contribution is -2.37. The fraction of sp³-hybridized carbons (Fsp3) is 0.800. The van der Waals surface area contributed by atoms with Gasteiger partial charge in [-0.2, -0.15) is 0 Å². The number of aliphatic hydroxyl groups is 1. The Morgan fingerprint density at radius 3 is 2.50 bits per heavy atom. The van der Waals surface area contributed by atoms with Crippen LogP contribution < -0.4 is 5.32 Å². The van der Waals surface area contributed by atoms with Gasteiger partial charge in [0.1, 0.15) is 6.04 Å². The average molecular weight is 149 g/mol. The first-order valence-corrected chi connectivity index (χ1v) is 2.91. The molecule has 0 aromatic rings. The van der Waals surface area contributed by atoms with Crippen molar-refractivity contribution < 1.29 is 19.4 Å². The quantitative estimate of drug-likeness (QED) is 0.435. The van der Waals surface area contributed by atoms with Gasteiger partial charge in [0, 0.05) is 6.54 Å². The number of carboxylic acid groups (broad SMARTS) is 1. The molecule has 0 saturated carbocycles. The molecule has 1 fully saturated rings. The van der Waals surface area contributed by atoms with E-state index in [4.69, 9.17) is 10.2 Å². The molecule has 1 aliphatic rings. The number of rotatable bonds is 1. The van der Waals surface area contributed by atoms with Crippen LogP contribution in [0.2, 0.25) is 0 Å². The van der Waals surface area contributed by atoms with Crippen molar-refractivity contribution in [3.63, 3.8) is 0 Å². The van der Waals surface area contributed by atoms with Crippen molar-refractivity contribution in [1.82, 2.24) is 5.32 Å². The van der Waals surface area contributed by atoms with Crippen LogP contribution in [0, 0.1) is 0 Å². The molecule has 0 amide bonds. The van der Waals surface area contributed by atoms with E-state index in [2.05, 4.69) is 5.32 Å². The van der Waals surface area contributed by atoms with Gasteiger partial charge in [0.2, 0.25) is 0 Å². The smallest absolute Gasteiger partial charge is 0.323 e. The summed E-state index contributed by atoms with van der Waals surface area (Å²) in [6.45, 7) is 0.0120. The number of nitrogens with one attached hydrogen (secondary N) is 1. The van der Waals surface area contributed by atoms with Gasteiger partial charge in [-0.05, 0) is 0 Å². The van der Waals surface area contributed by atoms with Crippen LogP contribution in [0.1, 0.15) is 0 Å². The van der Waals surface area contributed by atoms with Crippen molar-refractivity contribution in [3.8, 4) is 0 Å². The minimum Gasteiger partial charge on any atom is -0.480 e. The third-order valence-electron chi connectivity index (χ3n) is 1.50. The number of alkyl halides is 1. The predicted octanol–water partition coefficient (Wildman–Crippen LogP) is -1.26. The molecule has 1 aliphatic heterocycles. The minimum absolute atomic E-state index is 0.0120. The van der Waals surface area contributed by atoms with E-state index in [0.29, 0.717) is 0 Å². The molecule has 0 bridgehead atoms. The Bertz CT molecular complexity index is 152. The minimum atomic E-state index is -1.68. The lowest BCUT2D eigenvalue weighted by atomic mass is 10.2. The molecule has 3 N–H and O–H groups in total. The van der Waals surface area contributed by atoms with Crippen molar-refractivity contribution >= 4 is 5.97 Å². The van der Waals surface area contributed by atoms with Gasteiger partial charge in [-0.25, -0.2) is 4.39 Å². The second kappa shape index (κ2) is 2.51. The van der Waals surface area contributed by atoms with Crippen molar-refractivity contribution in [2.24, 2.45) is 0 Å². The molecule has 0 aromatic heterocycles. The van der Waals surface area contributed by atoms with Gasteiger partial charge < -0.3 is 10.2 Å². The predicted molar refractivity (Wildman–Crippen MR) is 30.3 cm³/mol. The van der Waals surface area contributed by atoms with Crippen LogP contribution >= 0.6 is 0 Å². The monoisotopic (exact) mass is 149 g/mol. The Labute approximate surface area is 56.7 Å². The summed E-state index contributed by atoms with van der Waals surface area (Å²) in [5.74, 6) is -1.26. The Hall–Kier alpha value is -0.680. The highest BCUT2D eigenvalue weighted by Gasteiger charge is 2.39. The van der Waals surface area contributed by atoms with E-state index < -0.39 is 24.3 Å². The van der Waals surface area contributed by atoms with Crippen LogP contribution in [0.15, 0.2) is 0 Å². The van der Waals surface area contributed by atoms with E-state index in [1.54, 1.807) is 0 Å². The summed E-state index contributed by atoms with van der Waals surface area (Å²) in [4.78, 5) is 10.1. The lowest BCUT2D eigenvalue weighted by Gasteiger charge is -2.07. The van der Waals surface area contributed by atoms with Gasteiger partial charge >= 0.3 is 5.97 Å². The van der Waals surface area contributed by atoms with Crippen molar-refractivity contribution in [3.05, 3.63) is 0 Å². The zero-order valence-electron chi connectivity index (χ0n) is 5.12. The molecule has 0 radical (unpaired) electrons. The second-order valence-electron chi connectivity index (χ2n) is 2.24. The summed E-state index contributed by atoms with van der Waals surface area (Å²) in [7, 11) is 0. The molecule has 1 rings (SSSR count). The van der Waals surface area contributed by atoms with E-state index >= 15 is 0 Å². The van der Waals surface area contributed by atoms with E-state index in [1.165, 1.54) is 0 Å². The number of halogens is 1. The molecule has 1 heterocycles. The lowest BCUT2D eigenvalue weighted by molar-refractivity contribution is -0.140. The van der Waals surface area contributed by atoms with Crippen LogP contribution in [-0.2, 0) is 4.79 Å². The molecular formula is C5H8FNO3. The summed E-state index contributed by atoms with van der Waals surface area (Å²) in [6.07, 6.45) is -2.86. The molecule has 1 saturated heterocycles. The normalized spacial score (nSPS) is 40.0. The zero-order valence-corrected chi connectivity index (χ0v) is 5.12. The van der Waals surface area contributed by atoms with Crippen LogP contribution in [-0.4, -0.2) is 41.0 Å². The van der Waals surface area contributed by atoms with Gasteiger partial charge in [-0.15, -0.1) is 0 Å². The maximum Gasteiger partial charge on any atom is 0.323 e. The maximum atomic E-state index is 12.5. The highest BCUT2D eigenvalue weighted by Crippen LogP contribution is 2.11. The van der Waals surface area contributed by atoms with Gasteiger partial charge in [-0.1, -0.05) is 0 Å². The number of carbonyl (C=O) groups is 1. The average Bonchev–Trinajstić information content (AvgIpc) is 2.14. The zero-order chi connectivity index (χ0) is 7.72. The first-order valence-electron chi connectivity index (χ1n) is 2.91. The van der Waals surface area contributed by atoms with Crippen molar-refractivity contribution in [1.29, 1.82) is 0 Å². The summed E-state index contributed by atoms with van der Waals surface area (Å²) in [5.41, 5.74) is 0. The largest absolute Gasteiger partial charge is 0.480 e. The Morgan fingerprint density at radius 1 is 1.70 bits per heavy atom. The van der Waals surface area contributed by atoms with Crippen LogP contribution in [0.25, 0.3) is 0 Å². The summed E-state index contributed by atoms with van der Waals surface area (Å²) < 4.78 is 12.5. The number of hydrogen-bond donors (Lipinski definition) is 3. The molecular weight excluding hydrogens is 141 g/mol. The van der Waals surface area contributed by atoms with E-state index in [0.717, 1.165) is 0 Å². The van der Waals surface area contributed by atoms with Gasteiger partial charge in [-0.3, -0.25) is 10.1 Å². The third kappa shape index (κ3) is 1.10. The summed E-state index contributed by atoms with van der Waals surface area (Å²) in [5, 5.41) is 19.3. The second-order valence-corrected chi connectivity index (χ2v) is 2.24. The number of β-amino-alcohol motifs (C(OH)–C–C–N with tert-alkyl or cyclic N) is 1. The first-order chi connectivity index (χ1) is 4.63. The third-order valence-corrected chi connectivity index (χ3v) is 1.50. The van der Waals surface area contributed by atoms with Crippen LogP contribution in [0.3, 0.4) is 0 Å². The Morgan fingerprint density at radius 2 is 2.30 bits per heavy atom. The number of hydrogen-bond acceptors (Lipinski definition) is 3. The van der Waals surface area contributed by atoms with Gasteiger partial charge in [0.05, 0.1) is 6.10 Å². The Kier molecular flexibility index (Phi) is 1.87. The van der Waals surface area contributed by atoms with Crippen molar-refractivity contribution in [2.75, 3.05) is 6.54 Å². The molecule has 58 valence electrons. The molecule has 1 unspecified atom stereocenters. The summed E-state index contributed by atoms with van der Waals surface area (Å²) in [6, 6.07) is -1.24. The fourth-order valence-electron chi connectivity index (χ4n) is 0.919. The molecule has 10 heavy (non-hydrogen) atoms. The number of aliphatic carboxylic acids is 1. The summed E-state index contributed by atoms with van der Waals surface area (Å²) >= 11 is 0. The fourth-order valence-corrected chi connectivity index (χ4v) is 0.919. The van der Waals surface area contributed by atoms with E-state index in [1.807, 2.05) is 0 Å². The molecule has 4 nitrogen and oxygen atoms in total. The number of aliphatic hydroxyl groups excluding tert-OH is 1. The molecule has 3 atom stereocenters. The highest BCUT2D eigenvalue weighted by molar-refractivity contribution is 5.74. The van der Waals surface area contributed by atoms with Crippen LogP contribution in [0.4, 0.5) is 4.39 Å². The SMILES string of the molecule is O=C(O)[C@H]1NC[C@H](O)C1F. The molecule has 0 spiro atoms. The highest BCUT2D eigenvalue weighted by atomic mass is 19.1. The Balaban J connectivity index is 2.57. The van der Waals surface area contributed by atoms with Gasteiger partial charge in [0.15, 0.2) is 6.17 Å². The molecule has 0 aromatic carbocycles. The standard InChI is InChI=1S/C5H8FNO3/c6-3-2(8)1-7-4(3)5(9)10/h2-4,7-8H,1H2,(H,9,10)/t2-,3?,4-/m0/s1. The van der Waals surface area contributed by atoms with Gasteiger partial charge in [0.25, 0.3) is 0 Å². The topological polar surface area (TPSA) is 69.6 Å². The van der Waals surface area contributed by atoms with Crippen LogP contribution in [0.5, 0.6) is 0 Å². The van der Waals surface area contributed by atoms with Crippen molar-refractivity contribution in [2.45, 2.75) is 18.3 Å². The number of carboxylic acids is 1. The first kappa shape index (κ1) is 7.43. The van der Waals surface area contributed by atoms with E-state index in [9.17, 15) is 9.18 Å².